The first-order valence-corrected chi connectivity index (χ1v) is 7.37. The Morgan fingerprint density at radius 3 is 1.42 bits per heavy atom. The molecule has 2 aromatic heterocycles. The van der Waals surface area contributed by atoms with Crippen molar-refractivity contribution in [1.29, 1.82) is 0 Å². The molecule has 0 bridgehead atoms. The standard InChI is InChI=1S/C18H4O8/c19-13-6-4-2-1-3-5(6)7-8(14(13)20)10-12(18(24)26-16(10)22)11-9(7)15(21)25-17(11)23/h1-4H. The molecule has 5 rings (SSSR count). The van der Waals surface area contributed by atoms with E-state index in [4.69, 9.17) is 0 Å². The summed E-state index contributed by atoms with van der Waals surface area (Å²) in [6.07, 6.45) is 0. The lowest BCUT2D eigenvalue weighted by molar-refractivity contribution is 0.497. The molecule has 0 atom stereocenters. The molecule has 26 heavy (non-hydrogen) atoms. The van der Waals surface area contributed by atoms with Gasteiger partial charge in [0, 0.05) is 10.8 Å². The van der Waals surface area contributed by atoms with E-state index in [1.807, 2.05) is 0 Å². The minimum atomic E-state index is -1.17. The van der Waals surface area contributed by atoms with E-state index < -0.39 is 54.9 Å². The lowest BCUT2D eigenvalue weighted by atomic mass is 9.94. The van der Waals surface area contributed by atoms with Crippen LogP contribution in [0.5, 0.6) is 0 Å². The topological polar surface area (TPSA) is 129 Å². The number of benzene rings is 3. The van der Waals surface area contributed by atoms with Crippen molar-refractivity contribution in [3.05, 3.63) is 86.4 Å². The number of rotatable bonds is 0. The number of hydrogen-bond donors (Lipinski definition) is 0. The summed E-state index contributed by atoms with van der Waals surface area (Å²) in [6.45, 7) is 0. The van der Waals surface area contributed by atoms with Crippen LogP contribution in [0.3, 0.4) is 0 Å². The van der Waals surface area contributed by atoms with Gasteiger partial charge in [0.2, 0.25) is 10.9 Å². The molecule has 124 valence electrons. The van der Waals surface area contributed by atoms with Crippen LogP contribution in [0, 0.1) is 0 Å². The second kappa shape index (κ2) is 4.37. The van der Waals surface area contributed by atoms with Crippen molar-refractivity contribution < 1.29 is 8.83 Å². The first kappa shape index (κ1) is 14.4. The van der Waals surface area contributed by atoms with E-state index in [-0.39, 0.29) is 21.5 Å². The summed E-state index contributed by atoms with van der Waals surface area (Å²) in [5.74, 6) is 0. The summed E-state index contributed by atoms with van der Waals surface area (Å²) in [5.41, 5.74) is -6.45. The van der Waals surface area contributed by atoms with Gasteiger partial charge in [0.15, 0.2) is 0 Å². The number of hydrogen-bond acceptors (Lipinski definition) is 8. The fourth-order valence-electron chi connectivity index (χ4n) is 3.57. The quantitative estimate of drug-likeness (QED) is 0.282. The summed E-state index contributed by atoms with van der Waals surface area (Å²) < 4.78 is 9.11. The molecule has 0 unspecified atom stereocenters. The minimum absolute atomic E-state index is 0.0250. The maximum absolute atomic E-state index is 12.7. The first-order valence-electron chi connectivity index (χ1n) is 7.37. The van der Waals surface area contributed by atoms with Gasteiger partial charge in [-0.25, -0.2) is 19.2 Å². The zero-order valence-electron chi connectivity index (χ0n) is 12.6. The highest BCUT2D eigenvalue weighted by Gasteiger charge is 2.27. The number of fused-ring (bicyclic) bond motifs is 8. The van der Waals surface area contributed by atoms with Gasteiger partial charge in [0.25, 0.3) is 0 Å². The van der Waals surface area contributed by atoms with Crippen LogP contribution in [0.1, 0.15) is 0 Å². The maximum atomic E-state index is 12.7. The van der Waals surface area contributed by atoms with Crippen molar-refractivity contribution in [2.45, 2.75) is 0 Å². The van der Waals surface area contributed by atoms with Gasteiger partial charge in [-0.15, -0.1) is 0 Å². The van der Waals surface area contributed by atoms with Gasteiger partial charge in [0.05, 0.1) is 26.9 Å². The van der Waals surface area contributed by atoms with Crippen molar-refractivity contribution in [3.63, 3.8) is 0 Å². The van der Waals surface area contributed by atoms with Crippen LogP contribution in [-0.4, -0.2) is 0 Å². The Labute approximate surface area is 139 Å². The molecular formula is C18H4O8. The average Bonchev–Trinajstić information content (AvgIpc) is 3.07. The van der Waals surface area contributed by atoms with Crippen molar-refractivity contribution in [1.82, 2.24) is 0 Å². The average molecular weight is 348 g/mol. The Morgan fingerprint density at radius 2 is 0.885 bits per heavy atom. The third kappa shape index (κ3) is 1.44. The fraction of sp³-hybridized carbons (Fsp3) is 0. The fourth-order valence-corrected chi connectivity index (χ4v) is 3.57. The lowest BCUT2D eigenvalue weighted by Crippen LogP contribution is -2.25. The molecule has 0 fully saturated rings. The molecule has 3 aromatic carbocycles. The second-order valence-corrected chi connectivity index (χ2v) is 5.81. The molecule has 0 spiro atoms. The number of furan rings is 2. The van der Waals surface area contributed by atoms with Gasteiger partial charge < -0.3 is 8.83 Å². The predicted octanol–water partition coefficient (Wildman–Crippen LogP) is -0.0400. The van der Waals surface area contributed by atoms with Crippen LogP contribution < -0.4 is 33.4 Å². The van der Waals surface area contributed by atoms with Crippen molar-refractivity contribution >= 4 is 43.1 Å². The zero-order valence-corrected chi connectivity index (χ0v) is 12.6. The van der Waals surface area contributed by atoms with Gasteiger partial charge in [-0.3, -0.25) is 9.59 Å². The van der Waals surface area contributed by atoms with Crippen LogP contribution in [0.2, 0.25) is 0 Å². The van der Waals surface area contributed by atoms with Gasteiger partial charge in [0.1, 0.15) is 0 Å². The van der Waals surface area contributed by atoms with E-state index >= 15 is 0 Å². The molecule has 0 aliphatic carbocycles. The van der Waals surface area contributed by atoms with E-state index in [0.29, 0.717) is 0 Å². The summed E-state index contributed by atoms with van der Waals surface area (Å²) in [6, 6.07) is 5.97. The SMILES string of the molecule is O=c1c(=O)c2c3c(=O)oc(=O)c3c3c(=O)oc(=O)c3c2c2ccccc12. The summed E-state index contributed by atoms with van der Waals surface area (Å²) in [5, 5.41) is -1.99. The largest absolute Gasteiger partial charge is 0.386 e. The predicted molar refractivity (Wildman–Crippen MR) is 92.2 cm³/mol. The molecule has 0 aliphatic rings. The van der Waals surface area contributed by atoms with Crippen LogP contribution in [-0.2, 0) is 0 Å². The molecule has 8 heteroatoms. The van der Waals surface area contributed by atoms with Crippen LogP contribution in [0.25, 0.3) is 43.1 Å². The maximum Gasteiger partial charge on any atom is 0.347 e. The summed E-state index contributed by atoms with van der Waals surface area (Å²) >= 11 is 0. The molecule has 0 saturated carbocycles. The summed E-state index contributed by atoms with van der Waals surface area (Å²) in [4.78, 5) is 73.7. The highest BCUT2D eigenvalue weighted by Crippen LogP contribution is 2.31. The highest BCUT2D eigenvalue weighted by molar-refractivity contribution is 6.30. The molecular weight excluding hydrogens is 344 g/mol. The molecule has 0 saturated heterocycles. The molecule has 2 heterocycles. The van der Waals surface area contributed by atoms with E-state index in [1.54, 1.807) is 6.07 Å². The van der Waals surface area contributed by atoms with Crippen molar-refractivity contribution in [2.75, 3.05) is 0 Å². The lowest BCUT2D eigenvalue weighted by Gasteiger charge is -2.03. The molecule has 5 aromatic rings. The van der Waals surface area contributed by atoms with Crippen LogP contribution in [0.15, 0.2) is 61.9 Å². The van der Waals surface area contributed by atoms with Gasteiger partial charge in [-0.2, -0.15) is 0 Å². The molecule has 0 amide bonds. The van der Waals surface area contributed by atoms with E-state index in [2.05, 4.69) is 8.83 Å². The van der Waals surface area contributed by atoms with Gasteiger partial charge in [-0.05, 0) is 5.39 Å². The van der Waals surface area contributed by atoms with Gasteiger partial charge in [-0.1, -0.05) is 24.3 Å². The Hall–Kier alpha value is -3.94. The first-order chi connectivity index (χ1) is 12.4. The van der Waals surface area contributed by atoms with E-state index in [1.165, 1.54) is 18.2 Å². The van der Waals surface area contributed by atoms with Crippen molar-refractivity contribution in [2.24, 2.45) is 0 Å². The monoisotopic (exact) mass is 348 g/mol. The third-order valence-corrected chi connectivity index (χ3v) is 4.56. The molecule has 0 aliphatic heterocycles. The Morgan fingerprint density at radius 1 is 0.462 bits per heavy atom. The van der Waals surface area contributed by atoms with Crippen molar-refractivity contribution in [3.8, 4) is 0 Å². The third-order valence-electron chi connectivity index (χ3n) is 4.56. The smallest absolute Gasteiger partial charge is 0.347 e. The second-order valence-electron chi connectivity index (χ2n) is 5.81. The Balaban J connectivity index is 2.49. The molecule has 0 radical (unpaired) electrons. The highest BCUT2D eigenvalue weighted by atomic mass is 16.4. The van der Waals surface area contributed by atoms with E-state index in [0.717, 1.165) is 0 Å². The summed E-state index contributed by atoms with van der Waals surface area (Å²) in [7, 11) is 0. The normalized spacial score (nSPS) is 12.0. The van der Waals surface area contributed by atoms with Crippen LogP contribution in [0.4, 0.5) is 0 Å². The Kier molecular flexibility index (Phi) is 2.42. The van der Waals surface area contributed by atoms with Crippen LogP contribution >= 0.6 is 0 Å². The zero-order chi connectivity index (χ0) is 18.3. The van der Waals surface area contributed by atoms with Gasteiger partial charge >= 0.3 is 22.5 Å². The van der Waals surface area contributed by atoms with E-state index in [9.17, 15) is 28.8 Å². The molecule has 0 N–H and O–H groups in total. The molecule has 8 nitrogen and oxygen atoms in total. The Bertz CT molecular complexity index is 1740. The minimum Gasteiger partial charge on any atom is -0.386 e.